The first-order valence-corrected chi connectivity index (χ1v) is 13.0. The lowest BCUT2D eigenvalue weighted by atomic mass is 10.2. The Morgan fingerprint density at radius 2 is 0.917 bits per heavy atom. The number of unbranched alkanes of at least 4 members (excludes halogenated alkanes) is 1. The summed E-state index contributed by atoms with van der Waals surface area (Å²) in [6, 6.07) is 35.3. The summed E-state index contributed by atoms with van der Waals surface area (Å²) in [5, 5.41) is 0. The fourth-order valence-corrected chi connectivity index (χ4v) is 5.59. The van der Waals surface area contributed by atoms with Crippen LogP contribution in [0.25, 0.3) is 0 Å². The molecule has 0 bridgehead atoms. The summed E-state index contributed by atoms with van der Waals surface area (Å²) in [5.41, 5.74) is 10.5. The first-order chi connectivity index (χ1) is 17.7. The molecule has 0 amide bonds. The lowest BCUT2D eigenvalue weighted by molar-refractivity contribution is 0.678. The number of benzene rings is 4. The van der Waals surface area contributed by atoms with Crippen molar-refractivity contribution < 1.29 is 0 Å². The summed E-state index contributed by atoms with van der Waals surface area (Å²) in [6.45, 7) is 8.29. The van der Waals surface area contributed by atoms with Crippen molar-refractivity contribution in [2.75, 3.05) is 46.0 Å². The summed E-state index contributed by atoms with van der Waals surface area (Å²) in [6.07, 6.45) is 2.33. The van der Waals surface area contributed by atoms with Crippen molar-refractivity contribution >= 4 is 34.1 Å². The molecule has 2 heterocycles. The molecule has 36 heavy (non-hydrogen) atoms. The van der Waals surface area contributed by atoms with Crippen molar-refractivity contribution in [2.24, 2.45) is 0 Å². The van der Waals surface area contributed by atoms with Crippen LogP contribution in [-0.4, -0.2) is 26.4 Å². The fraction of sp³-hybridized carbons (Fsp3) is 0.250. The Balaban J connectivity index is 1.11. The van der Waals surface area contributed by atoms with E-state index in [2.05, 4.69) is 131 Å². The van der Waals surface area contributed by atoms with Gasteiger partial charge in [-0.15, -0.1) is 0 Å². The molecule has 4 aromatic carbocycles. The zero-order chi connectivity index (χ0) is 24.5. The summed E-state index contributed by atoms with van der Waals surface area (Å²) in [5.74, 6) is 0. The summed E-state index contributed by atoms with van der Waals surface area (Å²) in [4.78, 5) is 9.96. The van der Waals surface area contributed by atoms with E-state index < -0.39 is 0 Å². The topological polar surface area (TPSA) is 13.0 Å². The number of rotatable bonds is 7. The maximum atomic E-state index is 2.54. The van der Waals surface area contributed by atoms with Crippen LogP contribution in [0.2, 0.25) is 0 Å². The predicted molar refractivity (Wildman–Crippen MR) is 153 cm³/mol. The molecule has 0 saturated heterocycles. The van der Waals surface area contributed by atoms with E-state index in [9.17, 15) is 0 Å². The number of para-hydroxylation sites is 4. The lowest BCUT2D eigenvalue weighted by Gasteiger charge is -2.24. The van der Waals surface area contributed by atoms with E-state index in [1.165, 1.54) is 58.1 Å². The standard InChI is InChI=1S/C32H34N4/c1-25-11-9-13-27(21-25)35-23-33(29-15-3-5-17-31(29)35)19-7-8-20-34-24-36(28-14-10-12-26(2)22-28)32-18-6-4-16-30(32)34/h3-6,9-18,21-22H,7-8,19-20,23-24H2,1-2H3. The SMILES string of the molecule is Cc1cccc(N2CN(CCCCN3CN(c4cccc(C)c4)c4ccccc43)c3ccccc32)c1. The van der Waals surface area contributed by atoms with Crippen molar-refractivity contribution in [2.45, 2.75) is 26.7 Å². The predicted octanol–water partition coefficient (Wildman–Crippen LogP) is 7.62. The molecule has 2 aliphatic rings. The Kier molecular flexibility index (Phi) is 6.02. The fourth-order valence-electron chi connectivity index (χ4n) is 5.59. The van der Waals surface area contributed by atoms with Crippen LogP contribution in [0, 0.1) is 13.8 Å². The van der Waals surface area contributed by atoms with Crippen LogP contribution in [0.4, 0.5) is 34.1 Å². The second kappa shape index (κ2) is 9.62. The van der Waals surface area contributed by atoms with Gasteiger partial charge in [-0.2, -0.15) is 0 Å². The van der Waals surface area contributed by atoms with Gasteiger partial charge in [-0.25, -0.2) is 0 Å². The average Bonchev–Trinajstić information content (AvgIpc) is 3.46. The molecule has 182 valence electrons. The largest absolute Gasteiger partial charge is 0.352 e. The average molecular weight is 475 g/mol. The van der Waals surface area contributed by atoms with Gasteiger partial charge in [0, 0.05) is 24.5 Å². The smallest absolute Gasteiger partial charge is 0.0953 e. The van der Waals surface area contributed by atoms with E-state index in [0.717, 1.165) is 26.4 Å². The van der Waals surface area contributed by atoms with Gasteiger partial charge in [0.2, 0.25) is 0 Å². The molecular weight excluding hydrogens is 440 g/mol. The molecule has 0 radical (unpaired) electrons. The molecule has 0 spiro atoms. The van der Waals surface area contributed by atoms with Crippen LogP contribution in [0.1, 0.15) is 24.0 Å². The second-order valence-corrected chi connectivity index (χ2v) is 10.0. The third kappa shape index (κ3) is 4.28. The third-order valence-electron chi connectivity index (χ3n) is 7.38. The molecule has 0 aliphatic carbocycles. The zero-order valence-corrected chi connectivity index (χ0v) is 21.3. The molecule has 2 aliphatic heterocycles. The Labute approximate surface area is 215 Å². The maximum Gasteiger partial charge on any atom is 0.0953 e. The highest BCUT2D eigenvalue weighted by Crippen LogP contribution is 2.42. The number of fused-ring (bicyclic) bond motifs is 2. The minimum atomic E-state index is 0.913. The van der Waals surface area contributed by atoms with Crippen molar-refractivity contribution in [3.8, 4) is 0 Å². The highest BCUT2D eigenvalue weighted by molar-refractivity contribution is 5.83. The van der Waals surface area contributed by atoms with Gasteiger partial charge in [-0.3, -0.25) is 0 Å². The molecular formula is C32H34N4. The summed E-state index contributed by atoms with van der Waals surface area (Å²) < 4.78 is 0. The van der Waals surface area contributed by atoms with Crippen LogP contribution in [0.3, 0.4) is 0 Å². The molecule has 4 aromatic rings. The van der Waals surface area contributed by atoms with Gasteiger partial charge < -0.3 is 19.6 Å². The minimum absolute atomic E-state index is 0.913. The number of aryl methyl sites for hydroxylation is 2. The van der Waals surface area contributed by atoms with Gasteiger partial charge in [0.25, 0.3) is 0 Å². The number of nitrogens with zero attached hydrogens (tertiary/aromatic N) is 4. The van der Waals surface area contributed by atoms with Gasteiger partial charge in [0.15, 0.2) is 0 Å². The van der Waals surface area contributed by atoms with Crippen molar-refractivity contribution in [1.82, 2.24) is 0 Å². The quantitative estimate of drug-likeness (QED) is 0.255. The van der Waals surface area contributed by atoms with Gasteiger partial charge in [-0.05, 0) is 86.3 Å². The first-order valence-electron chi connectivity index (χ1n) is 13.0. The van der Waals surface area contributed by atoms with Crippen molar-refractivity contribution in [3.63, 3.8) is 0 Å². The van der Waals surface area contributed by atoms with E-state index in [0.29, 0.717) is 0 Å². The zero-order valence-electron chi connectivity index (χ0n) is 21.3. The second-order valence-electron chi connectivity index (χ2n) is 10.0. The minimum Gasteiger partial charge on any atom is -0.352 e. The number of hydrogen-bond acceptors (Lipinski definition) is 4. The molecule has 6 rings (SSSR count). The van der Waals surface area contributed by atoms with Gasteiger partial charge in [-0.1, -0.05) is 48.5 Å². The molecule has 0 unspecified atom stereocenters. The van der Waals surface area contributed by atoms with Gasteiger partial charge in [0.05, 0.1) is 36.1 Å². The molecule has 0 aromatic heterocycles. The van der Waals surface area contributed by atoms with Crippen LogP contribution < -0.4 is 19.6 Å². The highest BCUT2D eigenvalue weighted by atomic mass is 15.4. The first kappa shape index (κ1) is 22.5. The molecule has 0 atom stereocenters. The van der Waals surface area contributed by atoms with Crippen molar-refractivity contribution in [1.29, 1.82) is 0 Å². The molecule has 4 heteroatoms. The molecule has 0 fully saturated rings. The van der Waals surface area contributed by atoms with Gasteiger partial charge >= 0.3 is 0 Å². The number of anilines is 6. The number of hydrogen-bond donors (Lipinski definition) is 0. The highest BCUT2D eigenvalue weighted by Gasteiger charge is 2.28. The molecule has 0 N–H and O–H groups in total. The van der Waals surface area contributed by atoms with Crippen LogP contribution >= 0.6 is 0 Å². The van der Waals surface area contributed by atoms with Crippen LogP contribution in [-0.2, 0) is 0 Å². The Morgan fingerprint density at radius 3 is 1.33 bits per heavy atom. The van der Waals surface area contributed by atoms with Crippen LogP contribution in [0.5, 0.6) is 0 Å². The van der Waals surface area contributed by atoms with E-state index in [4.69, 9.17) is 0 Å². The maximum absolute atomic E-state index is 2.54. The molecule has 0 saturated carbocycles. The Morgan fingerprint density at radius 1 is 0.500 bits per heavy atom. The van der Waals surface area contributed by atoms with Crippen LogP contribution in [0.15, 0.2) is 97.1 Å². The Hall–Kier alpha value is -3.92. The summed E-state index contributed by atoms with van der Waals surface area (Å²) >= 11 is 0. The Bertz CT molecular complexity index is 1260. The summed E-state index contributed by atoms with van der Waals surface area (Å²) in [7, 11) is 0. The lowest BCUT2D eigenvalue weighted by Crippen LogP contribution is -2.31. The van der Waals surface area contributed by atoms with E-state index in [1.807, 2.05) is 0 Å². The van der Waals surface area contributed by atoms with Crippen molar-refractivity contribution in [3.05, 3.63) is 108 Å². The normalized spacial score (nSPS) is 14.4. The third-order valence-corrected chi connectivity index (χ3v) is 7.38. The van der Waals surface area contributed by atoms with E-state index >= 15 is 0 Å². The molecule has 4 nitrogen and oxygen atoms in total. The monoisotopic (exact) mass is 474 g/mol. The van der Waals surface area contributed by atoms with E-state index in [1.54, 1.807) is 0 Å². The van der Waals surface area contributed by atoms with E-state index in [-0.39, 0.29) is 0 Å². The van der Waals surface area contributed by atoms with Gasteiger partial charge in [0.1, 0.15) is 0 Å².